The number of imidazole rings is 1. The summed E-state index contributed by atoms with van der Waals surface area (Å²) in [6.45, 7) is 6.25. The molecule has 0 spiro atoms. The van der Waals surface area contributed by atoms with Crippen molar-refractivity contribution < 1.29 is 14.8 Å². The van der Waals surface area contributed by atoms with Crippen LogP contribution < -0.4 is 5.32 Å². The first-order valence-corrected chi connectivity index (χ1v) is 6.94. The molecule has 2 N–H and O–H groups in total. The number of amides is 1. The zero-order chi connectivity index (χ0) is 16.0. The predicted molar refractivity (Wildman–Crippen MR) is 76.7 cm³/mol. The third-order valence-electron chi connectivity index (χ3n) is 3.26. The molecule has 118 valence electrons. The standard InChI is InChI=1S/C13H22N4O4/c1-9(2)11(18)4-6-14-13(19)5-7-16-8-12(17(20)21)15-10(16)3/h8-9,11,18H,4-7H2,1-3H3,(H,14,19). The Bertz CT molecular complexity index is 498. The molecule has 1 aromatic heterocycles. The first kappa shape index (κ1) is 17.1. The second-order valence-corrected chi connectivity index (χ2v) is 5.30. The van der Waals surface area contributed by atoms with Gasteiger partial charge in [0.15, 0.2) is 0 Å². The van der Waals surface area contributed by atoms with Crippen LogP contribution in [0.2, 0.25) is 0 Å². The van der Waals surface area contributed by atoms with Gasteiger partial charge in [-0.3, -0.25) is 4.79 Å². The number of rotatable bonds is 8. The molecule has 0 saturated heterocycles. The number of aromatic nitrogens is 2. The van der Waals surface area contributed by atoms with Crippen LogP contribution in [0.1, 0.15) is 32.5 Å². The van der Waals surface area contributed by atoms with Crippen molar-refractivity contribution in [3.63, 3.8) is 0 Å². The first-order chi connectivity index (χ1) is 9.81. The molecular weight excluding hydrogens is 276 g/mol. The summed E-state index contributed by atoms with van der Waals surface area (Å²) in [6.07, 6.45) is 1.62. The molecule has 1 amide bonds. The van der Waals surface area contributed by atoms with Crippen LogP contribution in [0.15, 0.2) is 6.20 Å². The molecular formula is C13H22N4O4. The second kappa shape index (κ2) is 7.72. The van der Waals surface area contributed by atoms with Crippen molar-refractivity contribution in [3.8, 4) is 0 Å². The minimum absolute atomic E-state index is 0.151. The van der Waals surface area contributed by atoms with Gasteiger partial charge in [0.1, 0.15) is 6.20 Å². The van der Waals surface area contributed by atoms with E-state index in [9.17, 15) is 20.0 Å². The van der Waals surface area contributed by atoms with Crippen molar-refractivity contribution >= 4 is 11.7 Å². The summed E-state index contributed by atoms with van der Waals surface area (Å²) in [5.41, 5.74) is 0. The zero-order valence-corrected chi connectivity index (χ0v) is 12.6. The third-order valence-corrected chi connectivity index (χ3v) is 3.26. The van der Waals surface area contributed by atoms with Gasteiger partial charge in [0, 0.05) is 26.4 Å². The van der Waals surface area contributed by atoms with Gasteiger partial charge in [0.2, 0.25) is 11.7 Å². The summed E-state index contributed by atoms with van der Waals surface area (Å²) in [5.74, 6) is 0.301. The Morgan fingerprint density at radius 3 is 2.76 bits per heavy atom. The number of aryl methyl sites for hydroxylation is 2. The fourth-order valence-electron chi connectivity index (χ4n) is 1.81. The SMILES string of the molecule is Cc1nc([N+](=O)[O-])cn1CCC(=O)NCCC(O)C(C)C. The minimum atomic E-state index is -0.559. The van der Waals surface area contributed by atoms with E-state index in [4.69, 9.17) is 0 Å². The molecule has 1 rings (SSSR count). The van der Waals surface area contributed by atoms with Crippen molar-refractivity contribution in [2.45, 2.75) is 46.3 Å². The lowest BCUT2D eigenvalue weighted by molar-refractivity contribution is -0.389. The Morgan fingerprint density at radius 1 is 1.57 bits per heavy atom. The molecule has 0 aromatic carbocycles. The largest absolute Gasteiger partial charge is 0.393 e. The summed E-state index contributed by atoms with van der Waals surface area (Å²) >= 11 is 0. The van der Waals surface area contributed by atoms with E-state index in [0.29, 0.717) is 25.3 Å². The molecule has 0 radical (unpaired) electrons. The number of hydrogen-bond acceptors (Lipinski definition) is 5. The maximum atomic E-state index is 11.7. The average molecular weight is 298 g/mol. The number of carbonyl (C=O) groups excluding carboxylic acids is 1. The fraction of sp³-hybridized carbons (Fsp3) is 0.692. The number of carbonyl (C=O) groups is 1. The number of nitrogens with zero attached hydrogens (tertiary/aromatic N) is 3. The summed E-state index contributed by atoms with van der Waals surface area (Å²) in [7, 11) is 0. The molecule has 0 aliphatic rings. The third kappa shape index (κ3) is 5.50. The smallest absolute Gasteiger partial charge is 0.381 e. The molecule has 21 heavy (non-hydrogen) atoms. The van der Waals surface area contributed by atoms with Gasteiger partial charge < -0.3 is 25.1 Å². The predicted octanol–water partition coefficient (Wildman–Crippen LogP) is 1.01. The lowest BCUT2D eigenvalue weighted by Gasteiger charge is -2.14. The molecule has 0 fully saturated rings. The van der Waals surface area contributed by atoms with Crippen molar-refractivity contribution in [2.75, 3.05) is 6.54 Å². The highest BCUT2D eigenvalue weighted by molar-refractivity contribution is 5.75. The quantitative estimate of drug-likeness (QED) is 0.550. The van der Waals surface area contributed by atoms with Crippen LogP contribution in [0.25, 0.3) is 0 Å². The molecule has 0 aliphatic carbocycles. The second-order valence-electron chi connectivity index (χ2n) is 5.30. The number of nitrogens with one attached hydrogen (secondary N) is 1. The van der Waals surface area contributed by atoms with Crippen LogP contribution in [0.4, 0.5) is 5.82 Å². The van der Waals surface area contributed by atoms with E-state index >= 15 is 0 Å². The highest BCUT2D eigenvalue weighted by Crippen LogP contribution is 2.10. The highest BCUT2D eigenvalue weighted by atomic mass is 16.6. The van der Waals surface area contributed by atoms with Crippen LogP contribution in [-0.4, -0.2) is 38.1 Å². The first-order valence-electron chi connectivity index (χ1n) is 6.94. The molecule has 8 heteroatoms. The number of nitro groups is 1. The van der Waals surface area contributed by atoms with E-state index in [1.165, 1.54) is 6.20 Å². The van der Waals surface area contributed by atoms with Crippen molar-refractivity contribution in [1.82, 2.24) is 14.9 Å². The molecule has 1 unspecified atom stereocenters. The maximum absolute atomic E-state index is 11.7. The number of hydrogen-bond donors (Lipinski definition) is 2. The molecule has 0 aliphatic heterocycles. The van der Waals surface area contributed by atoms with E-state index in [1.807, 2.05) is 13.8 Å². The topological polar surface area (TPSA) is 110 Å². The van der Waals surface area contributed by atoms with Crippen LogP contribution in [0, 0.1) is 23.0 Å². The Kier molecular flexibility index (Phi) is 6.29. The maximum Gasteiger partial charge on any atom is 0.381 e. The van der Waals surface area contributed by atoms with Crippen molar-refractivity contribution in [2.24, 2.45) is 5.92 Å². The molecule has 8 nitrogen and oxygen atoms in total. The molecule has 1 aromatic rings. The molecule has 1 heterocycles. The van der Waals surface area contributed by atoms with Gasteiger partial charge in [0.05, 0.1) is 6.10 Å². The highest BCUT2D eigenvalue weighted by Gasteiger charge is 2.15. The summed E-state index contributed by atoms with van der Waals surface area (Å²) < 4.78 is 1.58. The fourth-order valence-corrected chi connectivity index (χ4v) is 1.81. The van der Waals surface area contributed by atoms with E-state index < -0.39 is 11.0 Å². The lowest BCUT2D eigenvalue weighted by atomic mass is 10.0. The van der Waals surface area contributed by atoms with Crippen molar-refractivity contribution in [3.05, 3.63) is 22.1 Å². The summed E-state index contributed by atoms with van der Waals surface area (Å²) in [6, 6.07) is 0. The monoisotopic (exact) mass is 298 g/mol. The van der Waals surface area contributed by atoms with Gasteiger partial charge in [-0.2, -0.15) is 0 Å². The Morgan fingerprint density at radius 2 is 2.24 bits per heavy atom. The average Bonchev–Trinajstić information content (AvgIpc) is 2.77. The van der Waals surface area contributed by atoms with Crippen LogP contribution >= 0.6 is 0 Å². The number of aliphatic hydroxyl groups excluding tert-OH is 1. The number of aliphatic hydroxyl groups is 1. The van der Waals surface area contributed by atoms with Gasteiger partial charge in [0.25, 0.3) is 0 Å². The van der Waals surface area contributed by atoms with Gasteiger partial charge in [-0.1, -0.05) is 13.8 Å². The molecule has 1 atom stereocenters. The Balaban J connectivity index is 2.35. The molecule has 0 saturated carbocycles. The van der Waals surface area contributed by atoms with Gasteiger partial charge in [-0.15, -0.1) is 0 Å². The van der Waals surface area contributed by atoms with E-state index in [-0.39, 0.29) is 24.1 Å². The minimum Gasteiger partial charge on any atom is -0.393 e. The summed E-state index contributed by atoms with van der Waals surface area (Å²) in [4.78, 5) is 25.5. The van der Waals surface area contributed by atoms with E-state index in [2.05, 4.69) is 10.3 Å². The van der Waals surface area contributed by atoms with Gasteiger partial charge in [-0.05, 0) is 22.2 Å². The van der Waals surface area contributed by atoms with Crippen LogP contribution in [0.3, 0.4) is 0 Å². The zero-order valence-electron chi connectivity index (χ0n) is 12.6. The lowest BCUT2D eigenvalue weighted by Crippen LogP contribution is -2.29. The van der Waals surface area contributed by atoms with Crippen LogP contribution in [-0.2, 0) is 11.3 Å². The van der Waals surface area contributed by atoms with Gasteiger partial charge >= 0.3 is 5.82 Å². The van der Waals surface area contributed by atoms with E-state index in [1.54, 1.807) is 11.5 Å². The molecule has 0 bridgehead atoms. The van der Waals surface area contributed by atoms with Crippen molar-refractivity contribution in [1.29, 1.82) is 0 Å². The van der Waals surface area contributed by atoms with Crippen LogP contribution in [0.5, 0.6) is 0 Å². The Labute approximate surface area is 123 Å². The van der Waals surface area contributed by atoms with Gasteiger partial charge in [-0.25, -0.2) is 0 Å². The normalized spacial score (nSPS) is 12.4. The Hall–Kier alpha value is -1.96. The van der Waals surface area contributed by atoms with E-state index in [0.717, 1.165) is 0 Å². The summed E-state index contributed by atoms with van der Waals surface area (Å²) in [5, 5.41) is 22.9.